The van der Waals surface area contributed by atoms with Crippen LogP contribution in [0.2, 0.25) is 0 Å². The number of aromatic nitrogens is 2. The average molecular weight is 297 g/mol. The summed E-state index contributed by atoms with van der Waals surface area (Å²) in [5.74, 6) is -0.0747. The number of pyridine rings is 1. The van der Waals surface area contributed by atoms with Crippen LogP contribution in [-0.2, 0) is 0 Å². The Labute approximate surface area is 95.5 Å². The van der Waals surface area contributed by atoms with Gasteiger partial charge in [-0.15, -0.1) is 0 Å². The van der Waals surface area contributed by atoms with Crippen molar-refractivity contribution in [3.8, 4) is 6.07 Å². The van der Waals surface area contributed by atoms with Crippen molar-refractivity contribution in [3.05, 3.63) is 33.8 Å². The highest BCUT2D eigenvalue weighted by atomic mass is 127. The second kappa shape index (κ2) is 3.58. The lowest BCUT2D eigenvalue weighted by molar-refractivity contribution is 0.970. The molecule has 0 N–H and O–H groups in total. The summed E-state index contributed by atoms with van der Waals surface area (Å²) in [5.41, 5.74) is 1.91. The van der Waals surface area contributed by atoms with Crippen molar-refractivity contribution in [2.24, 2.45) is 0 Å². The quantitative estimate of drug-likeness (QED) is 0.759. The lowest BCUT2D eigenvalue weighted by Gasteiger charge is -2.03. The highest BCUT2D eigenvalue weighted by molar-refractivity contribution is 14.1. The maximum Gasteiger partial charge on any atom is 0.137 e. The van der Waals surface area contributed by atoms with Crippen LogP contribution in [0.1, 0.15) is 18.4 Å². The van der Waals surface area contributed by atoms with Gasteiger partial charge in [0, 0.05) is 6.20 Å². The van der Waals surface area contributed by atoms with Gasteiger partial charge in [-0.1, -0.05) is 0 Å². The average Bonchev–Trinajstić information content (AvgIpc) is 2.59. The van der Waals surface area contributed by atoms with E-state index in [2.05, 4.69) is 33.6 Å². The summed E-state index contributed by atoms with van der Waals surface area (Å²) in [6.07, 6.45) is 3.77. The summed E-state index contributed by atoms with van der Waals surface area (Å²) in [6.45, 7) is 1.89. The lowest BCUT2D eigenvalue weighted by Crippen LogP contribution is -1.93. The molecule has 0 bridgehead atoms. The Bertz CT molecular complexity index is 510. The van der Waals surface area contributed by atoms with Gasteiger partial charge in [-0.25, -0.2) is 4.98 Å². The van der Waals surface area contributed by atoms with Crippen LogP contribution >= 0.6 is 22.6 Å². The number of nitriles is 1. The van der Waals surface area contributed by atoms with Gasteiger partial charge in [0.1, 0.15) is 9.35 Å². The summed E-state index contributed by atoms with van der Waals surface area (Å²) >= 11 is 2.23. The number of imidazole rings is 1. The number of fused-ring (bicyclic) bond motifs is 1. The van der Waals surface area contributed by atoms with Gasteiger partial charge in [0.2, 0.25) is 0 Å². The predicted molar refractivity (Wildman–Crippen MR) is 61.9 cm³/mol. The van der Waals surface area contributed by atoms with Crippen molar-refractivity contribution < 1.29 is 0 Å². The molecule has 14 heavy (non-hydrogen) atoms. The molecule has 2 heterocycles. The van der Waals surface area contributed by atoms with E-state index in [4.69, 9.17) is 5.26 Å². The van der Waals surface area contributed by atoms with Gasteiger partial charge in [0.15, 0.2) is 0 Å². The molecule has 0 aliphatic rings. The molecule has 0 saturated carbocycles. The summed E-state index contributed by atoms with van der Waals surface area (Å²) < 4.78 is 3.07. The Hall–Kier alpha value is -1.09. The van der Waals surface area contributed by atoms with Crippen LogP contribution in [-0.4, -0.2) is 9.38 Å². The molecule has 0 aliphatic heterocycles. The van der Waals surface area contributed by atoms with E-state index in [0.717, 1.165) is 14.9 Å². The van der Waals surface area contributed by atoms with Crippen LogP contribution in [0, 0.1) is 15.0 Å². The molecule has 0 fully saturated rings. The van der Waals surface area contributed by atoms with E-state index in [0.29, 0.717) is 0 Å². The standard InChI is InChI=1S/C10H8IN3/c1-7(5-12)8-2-3-14-9(11)6-13-10(14)4-8/h2-4,6-7H,1H3. The second-order valence-corrected chi connectivity index (χ2v) is 4.23. The number of hydrogen-bond acceptors (Lipinski definition) is 2. The molecule has 0 aromatic carbocycles. The zero-order chi connectivity index (χ0) is 10.1. The Morgan fingerprint density at radius 3 is 3.14 bits per heavy atom. The van der Waals surface area contributed by atoms with Crippen molar-refractivity contribution in [2.45, 2.75) is 12.8 Å². The monoisotopic (exact) mass is 297 g/mol. The van der Waals surface area contributed by atoms with Crippen molar-refractivity contribution in [1.82, 2.24) is 9.38 Å². The molecular weight excluding hydrogens is 289 g/mol. The minimum atomic E-state index is -0.0747. The number of halogens is 1. The van der Waals surface area contributed by atoms with Crippen LogP contribution in [0.4, 0.5) is 0 Å². The Balaban J connectivity index is 2.58. The highest BCUT2D eigenvalue weighted by Gasteiger charge is 2.06. The number of hydrogen-bond donors (Lipinski definition) is 0. The van der Waals surface area contributed by atoms with Gasteiger partial charge in [-0.05, 0) is 47.2 Å². The Kier molecular flexibility index (Phi) is 2.42. The lowest BCUT2D eigenvalue weighted by atomic mass is 10.0. The molecule has 2 aromatic rings. The van der Waals surface area contributed by atoms with Gasteiger partial charge >= 0.3 is 0 Å². The molecule has 0 radical (unpaired) electrons. The van der Waals surface area contributed by atoms with E-state index in [1.807, 2.05) is 35.9 Å². The van der Waals surface area contributed by atoms with E-state index < -0.39 is 0 Å². The summed E-state index contributed by atoms with van der Waals surface area (Å²) in [6, 6.07) is 6.13. The van der Waals surface area contributed by atoms with Crippen LogP contribution in [0.3, 0.4) is 0 Å². The SMILES string of the molecule is CC(C#N)c1ccn2c(I)cnc2c1. The van der Waals surface area contributed by atoms with E-state index in [-0.39, 0.29) is 5.92 Å². The Morgan fingerprint density at radius 1 is 1.64 bits per heavy atom. The fraction of sp³-hybridized carbons (Fsp3) is 0.200. The third-order valence-corrected chi connectivity index (χ3v) is 2.98. The molecule has 4 heteroatoms. The fourth-order valence-corrected chi connectivity index (χ4v) is 1.86. The third-order valence-electron chi connectivity index (χ3n) is 2.19. The van der Waals surface area contributed by atoms with Crippen molar-refractivity contribution in [1.29, 1.82) is 5.26 Å². The van der Waals surface area contributed by atoms with Gasteiger partial charge < -0.3 is 0 Å². The summed E-state index contributed by atoms with van der Waals surface area (Å²) in [7, 11) is 0. The molecule has 2 aromatic heterocycles. The molecule has 70 valence electrons. The third kappa shape index (κ3) is 1.48. The number of nitrogens with zero attached hydrogens (tertiary/aromatic N) is 3. The van der Waals surface area contributed by atoms with Crippen molar-refractivity contribution >= 4 is 28.2 Å². The highest BCUT2D eigenvalue weighted by Crippen LogP contribution is 2.17. The minimum absolute atomic E-state index is 0.0747. The fourth-order valence-electron chi connectivity index (χ4n) is 1.31. The van der Waals surface area contributed by atoms with E-state index in [9.17, 15) is 0 Å². The maximum absolute atomic E-state index is 8.79. The van der Waals surface area contributed by atoms with Gasteiger partial charge in [0.25, 0.3) is 0 Å². The Morgan fingerprint density at radius 2 is 2.43 bits per heavy atom. The summed E-state index contributed by atoms with van der Waals surface area (Å²) in [4.78, 5) is 4.24. The first-order valence-electron chi connectivity index (χ1n) is 4.24. The molecule has 1 unspecified atom stereocenters. The largest absolute Gasteiger partial charge is 0.295 e. The second-order valence-electron chi connectivity index (χ2n) is 3.12. The molecular formula is C10H8IN3. The molecule has 0 aliphatic carbocycles. The zero-order valence-corrected chi connectivity index (χ0v) is 9.76. The molecule has 3 nitrogen and oxygen atoms in total. The van der Waals surface area contributed by atoms with Crippen LogP contribution in [0.25, 0.3) is 5.65 Å². The summed E-state index contributed by atoms with van der Waals surface area (Å²) in [5, 5.41) is 8.79. The minimum Gasteiger partial charge on any atom is -0.295 e. The van der Waals surface area contributed by atoms with E-state index in [1.165, 1.54) is 0 Å². The van der Waals surface area contributed by atoms with Gasteiger partial charge in [0.05, 0.1) is 18.2 Å². The van der Waals surface area contributed by atoms with Crippen LogP contribution in [0.15, 0.2) is 24.5 Å². The molecule has 1 atom stereocenters. The van der Waals surface area contributed by atoms with Gasteiger partial charge in [-0.3, -0.25) is 4.40 Å². The van der Waals surface area contributed by atoms with Gasteiger partial charge in [-0.2, -0.15) is 5.26 Å². The van der Waals surface area contributed by atoms with Crippen molar-refractivity contribution in [2.75, 3.05) is 0 Å². The zero-order valence-electron chi connectivity index (χ0n) is 7.61. The van der Waals surface area contributed by atoms with Crippen molar-refractivity contribution in [3.63, 3.8) is 0 Å². The van der Waals surface area contributed by atoms with E-state index in [1.54, 1.807) is 0 Å². The molecule has 0 amide bonds. The van der Waals surface area contributed by atoms with Crippen LogP contribution < -0.4 is 0 Å². The number of rotatable bonds is 1. The first-order valence-corrected chi connectivity index (χ1v) is 5.32. The van der Waals surface area contributed by atoms with Crippen LogP contribution in [0.5, 0.6) is 0 Å². The predicted octanol–water partition coefficient (Wildman–Crippen LogP) is 2.57. The molecule has 2 rings (SSSR count). The molecule has 0 spiro atoms. The smallest absolute Gasteiger partial charge is 0.137 e. The topological polar surface area (TPSA) is 41.1 Å². The normalized spacial score (nSPS) is 12.6. The van der Waals surface area contributed by atoms with E-state index >= 15 is 0 Å². The molecule has 0 saturated heterocycles. The first-order chi connectivity index (χ1) is 6.72. The maximum atomic E-state index is 8.79. The first kappa shape index (κ1) is 9.46.